The SMILES string of the molecule is C/C=C1\[C@H]2CC3=C(C=CC(OC)N3)[C@]1(C#N)C[C@@H](C)C2O. The average Bonchev–Trinajstić information content (AvgIpc) is 2.51. The van der Waals surface area contributed by atoms with Crippen LogP contribution in [0.15, 0.2) is 35.1 Å². The Morgan fingerprint density at radius 1 is 1.57 bits per heavy atom. The van der Waals surface area contributed by atoms with E-state index in [-0.39, 0.29) is 24.2 Å². The summed E-state index contributed by atoms with van der Waals surface area (Å²) < 4.78 is 5.34. The summed E-state index contributed by atoms with van der Waals surface area (Å²) in [5.74, 6) is 0.148. The van der Waals surface area contributed by atoms with Gasteiger partial charge >= 0.3 is 0 Å². The van der Waals surface area contributed by atoms with Gasteiger partial charge in [0, 0.05) is 18.7 Å². The quantitative estimate of drug-likeness (QED) is 0.726. The van der Waals surface area contributed by atoms with E-state index >= 15 is 0 Å². The summed E-state index contributed by atoms with van der Waals surface area (Å²) >= 11 is 0. The Labute approximate surface area is 125 Å². The number of dihydropyridines is 1. The summed E-state index contributed by atoms with van der Waals surface area (Å²) in [6, 6.07) is 2.56. The third-order valence-electron chi connectivity index (χ3n) is 5.23. The van der Waals surface area contributed by atoms with Gasteiger partial charge in [-0.05, 0) is 42.9 Å². The molecule has 2 aliphatic carbocycles. The topological polar surface area (TPSA) is 65.3 Å². The van der Waals surface area contributed by atoms with Crippen LogP contribution in [0.2, 0.25) is 0 Å². The maximum atomic E-state index is 10.6. The molecule has 112 valence electrons. The summed E-state index contributed by atoms with van der Waals surface area (Å²) in [7, 11) is 1.66. The third-order valence-corrected chi connectivity index (χ3v) is 5.23. The largest absolute Gasteiger partial charge is 0.392 e. The minimum absolute atomic E-state index is 0.0219. The van der Waals surface area contributed by atoms with E-state index in [1.165, 1.54) is 0 Å². The zero-order chi connectivity index (χ0) is 15.2. The average molecular weight is 286 g/mol. The second-order valence-electron chi connectivity index (χ2n) is 6.30. The van der Waals surface area contributed by atoms with Crippen molar-refractivity contribution >= 4 is 0 Å². The van der Waals surface area contributed by atoms with Crippen molar-refractivity contribution in [1.82, 2.24) is 5.32 Å². The van der Waals surface area contributed by atoms with Crippen molar-refractivity contribution in [3.05, 3.63) is 35.1 Å². The molecule has 1 fully saturated rings. The van der Waals surface area contributed by atoms with Gasteiger partial charge in [0.1, 0.15) is 11.6 Å². The lowest BCUT2D eigenvalue weighted by atomic mass is 9.54. The zero-order valence-electron chi connectivity index (χ0n) is 12.8. The van der Waals surface area contributed by atoms with Crippen LogP contribution in [0.1, 0.15) is 26.7 Å². The first-order valence-corrected chi connectivity index (χ1v) is 7.54. The molecule has 2 bridgehead atoms. The Morgan fingerprint density at radius 3 is 2.95 bits per heavy atom. The Balaban J connectivity index is 2.15. The van der Waals surface area contributed by atoms with Crippen LogP contribution in [0, 0.1) is 28.6 Å². The summed E-state index contributed by atoms with van der Waals surface area (Å²) in [6.07, 6.45) is 6.90. The van der Waals surface area contributed by atoms with E-state index in [4.69, 9.17) is 4.74 Å². The smallest absolute Gasteiger partial charge is 0.146 e. The van der Waals surface area contributed by atoms with E-state index in [2.05, 4.69) is 11.4 Å². The van der Waals surface area contributed by atoms with Crippen molar-refractivity contribution in [3.8, 4) is 6.07 Å². The van der Waals surface area contributed by atoms with Crippen LogP contribution >= 0.6 is 0 Å². The highest BCUT2D eigenvalue weighted by molar-refractivity contribution is 5.53. The normalized spacial score (nSPS) is 43.3. The highest BCUT2D eigenvalue weighted by Gasteiger charge is 2.53. The van der Waals surface area contributed by atoms with Crippen LogP contribution in [0.5, 0.6) is 0 Å². The monoisotopic (exact) mass is 286 g/mol. The standard InChI is InChI=1S/C17H22N2O2/c1-4-12-11-7-14-13(5-6-15(19-14)21-3)17(12,9-18)8-10(2)16(11)20/h4-6,10-11,15-16,19-20H,7-8H2,1-3H3/b12-4+/t10-,11-,15?,16?,17+/m1/s1. The molecule has 1 heterocycles. The molecule has 0 spiro atoms. The van der Waals surface area contributed by atoms with Crippen molar-refractivity contribution in [1.29, 1.82) is 5.26 Å². The number of allylic oxidation sites excluding steroid dienone is 4. The van der Waals surface area contributed by atoms with E-state index in [9.17, 15) is 10.4 Å². The Morgan fingerprint density at radius 2 is 2.33 bits per heavy atom. The van der Waals surface area contributed by atoms with Gasteiger partial charge in [0.25, 0.3) is 0 Å². The molecule has 2 N–H and O–H groups in total. The summed E-state index contributed by atoms with van der Waals surface area (Å²) in [5, 5.41) is 23.9. The minimum Gasteiger partial charge on any atom is -0.392 e. The molecule has 0 aromatic rings. The van der Waals surface area contributed by atoms with E-state index < -0.39 is 5.41 Å². The number of hydrogen-bond acceptors (Lipinski definition) is 4. The van der Waals surface area contributed by atoms with Gasteiger partial charge in [0.15, 0.2) is 0 Å². The van der Waals surface area contributed by atoms with Crippen LogP contribution in [0.3, 0.4) is 0 Å². The number of fused-ring (bicyclic) bond motifs is 3. The summed E-state index contributed by atoms with van der Waals surface area (Å²) in [4.78, 5) is 0. The van der Waals surface area contributed by atoms with Gasteiger partial charge in [0.05, 0.1) is 12.2 Å². The molecule has 4 nitrogen and oxygen atoms in total. The minimum atomic E-state index is -0.603. The van der Waals surface area contributed by atoms with E-state index in [1.54, 1.807) is 7.11 Å². The van der Waals surface area contributed by atoms with Gasteiger partial charge in [-0.3, -0.25) is 0 Å². The molecule has 5 atom stereocenters. The maximum absolute atomic E-state index is 10.6. The number of hydrogen-bond donors (Lipinski definition) is 2. The summed E-state index contributed by atoms with van der Waals surface area (Å²) in [6.45, 7) is 4.01. The zero-order valence-corrected chi connectivity index (χ0v) is 12.8. The van der Waals surface area contributed by atoms with Crippen LogP contribution in [0.25, 0.3) is 0 Å². The van der Waals surface area contributed by atoms with Crippen molar-refractivity contribution in [2.75, 3.05) is 7.11 Å². The van der Waals surface area contributed by atoms with Gasteiger partial charge in [-0.25, -0.2) is 0 Å². The molecule has 0 saturated heterocycles. The number of rotatable bonds is 1. The molecule has 0 aromatic carbocycles. The lowest BCUT2D eigenvalue weighted by Gasteiger charge is -2.51. The first-order valence-electron chi connectivity index (χ1n) is 7.54. The first-order chi connectivity index (χ1) is 10.1. The van der Waals surface area contributed by atoms with Crippen LogP contribution in [-0.2, 0) is 4.74 Å². The maximum Gasteiger partial charge on any atom is 0.146 e. The number of nitrogens with one attached hydrogen (secondary N) is 1. The highest BCUT2D eigenvalue weighted by Crippen LogP contribution is 2.57. The molecule has 2 unspecified atom stereocenters. The Bertz CT molecular complexity index is 584. The number of methoxy groups -OCH3 is 1. The van der Waals surface area contributed by atoms with E-state index in [1.807, 2.05) is 32.1 Å². The van der Waals surface area contributed by atoms with Crippen molar-refractivity contribution in [2.24, 2.45) is 17.3 Å². The van der Waals surface area contributed by atoms with Crippen molar-refractivity contribution in [3.63, 3.8) is 0 Å². The molecular weight excluding hydrogens is 264 g/mol. The van der Waals surface area contributed by atoms with Gasteiger partial charge in [-0.15, -0.1) is 0 Å². The van der Waals surface area contributed by atoms with Crippen LogP contribution in [-0.4, -0.2) is 24.5 Å². The van der Waals surface area contributed by atoms with E-state index in [0.717, 1.165) is 23.3 Å². The first kappa shape index (κ1) is 14.4. The number of aliphatic hydroxyl groups is 1. The predicted molar refractivity (Wildman–Crippen MR) is 79.8 cm³/mol. The molecule has 0 amide bonds. The van der Waals surface area contributed by atoms with Gasteiger partial charge in [-0.2, -0.15) is 5.26 Å². The molecule has 21 heavy (non-hydrogen) atoms. The molecule has 1 saturated carbocycles. The van der Waals surface area contributed by atoms with E-state index in [0.29, 0.717) is 6.42 Å². The fourth-order valence-corrected chi connectivity index (χ4v) is 4.25. The van der Waals surface area contributed by atoms with Gasteiger partial charge < -0.3 is 15.2 Å². The molecule has 4 heteroatoms. The fourth-order valence-electron chi connectivity index (χ4n) is 4.25. The van der Waals surface area contributed by atoms with Gasteiger partial charge in [-0.1, -0.05) is 19.1 Å². The molecule has 3 aliphatic rings. The number of aliphatic hydroxyl groups excluding tert-OH is 1. The Hall–Kier alpha value is -1.57. The number of ether oxygens (including phenoxy) is 1. The predicted octanol–water partition coefficient (Wildman–Crippen LogP) is 2.25. The number of nitriles is 1. The van der Waals surface area contributed by atoms with Gasteiger partial charge in [0.2, 0.25) is 0 Å². The van der Waals surface area contributed by atoms with Crippen molar-refractivity contribution in [2.45, 2.75) is 39.0 Å². The molecular formula is C17H22N2O2. The molecule has 0 aromatic heterocycles. The van der Waals surface area contributed by atoms with Crippen LogP contribution in [0.4, 0.5) is 0 Å². The second kappa shape index (κ2) is 5.01. The number of nitrogens with zero attached hydrogens (tertiary/aromatic N) is 1. The summed E-state index contributed by atoms with van der Waals surface area (Å²) in [5.41, 5.74) is 2.58. The van der Waals surface area contributed by atoms with Crippen molar-refractivity contribution < 1.29 is 9.84 Å². The highest BCUT2D eigenvalue weighted by atomic mass is 16.5. The third kappa shape index (κ3) is 1.88. The molecule has 1 aliphatic heterocycles. The lowest BCUT2D eigenvalue weighted by Crippen LogP contribution is -2.50. The molecule has 0 radical (unpaired) electrons. The fraction of sp³-hybridized carbons (Fsp3) is 0.588. The lowest BCUT2D eigenvalue weighted by molar-refractivity contribution is 0.0206. The Kier molecular flexibility index (Phi) is 3.43. The second-order valence-corrected chi connectivity index (χ2v) is 6.30. The molecule has 3 rings (SSSR count). The van der Waals surface area contributed by atoms with Crippen LogP contribution < -0.4 is 5.32 Å².